The lowest BCUT2D eigenvalue weighted by Gasteiger charge is -2.37. The molecule has 1 N–H and O–H groups in total. The molecule has 0 atom stereocenters. The first kappa shape index (κ1) is 26.6. The Morgan fingerprint density at radius 1 is 0.892 bits per heavy atom. The summed E-state index contributed by atoms with van der Waals surface area (Å²) in [5.41, 5.74) is 1.08. The van der Waals surface area contributed by atoms with E-state index in [1.807, 2.05) is 18.2 Å². The Hall–Kier alpha value is -3.49. The van der Waals surface area contributed by atoms with E-state index in [-0.39, 0.29) is 35.0 Å². The van der Waals surface area contributed by atoms with Crippen molar-refractivity contribution in [2.75, 3.05) is 22.2 Å². The number of anilines is 3. The van der Waals surface area contributed by atoms with Crippen LogP contribution in [-0.4, -0.2) is 43.2 Å². The van der Waals surface area contributed by atoms with Crippen molar-refractivity contribution < 1.29 is 23.1 Å². The smallest absolute Gasteiger partial charge is 0.258 e. The van der Waals surface area contributed by atoms with Crippen molar-refractivity contribution in [2.45, 2.75) is 44.0 Å². The van der Waals surface area contributed by atoms with E-state index in [0.717, 1.165) is 12.8 Å². The molecular formula is C29H32N2O5S. The van der Waals surface area contributed by atoms with Gasteiger partial charge >= 0.3 is 0 Å². The van der Waals surface area contributed by atoms with Gasteiger partial charge in [-0.1, -0.05) is 24.3 Å². The first-order valence-electron chi connectivity index (χ1n) is 12.3. The van der Waals surface area contributed by atoms with Crippen LogP contribution in [0.15, 0.2) is 83.8 Å². The molecule has 7 nitrogen and oxygen atoms in total. The fourth-order valence-corrected chi connectivity index (χ4v) is 6.00. The molecule has 3 aromatic rings. The minimum atomic E-state index is -3.37. The summed E-state index contributed by atoms with van der Waals surface area (Å²) in [6.45, 7) is 4.73. The van der Waals surface area contributed by atoms with Gasteiger partial charge in [0.2, 0.25) is 5.91 Å². The topological polar surface area (TPSA) is 95.0 Å². The number of carbonyl (C=O) groups is 2. The molecule has 1 fully saturated rings. The van der Waals surface area contributed by atoms with E-state index in [1.54, 1.807) is 67.3 Å². The minimum Gasteiger partial charge on any atom is -0.394 e. The molecule has 0 unspecified atom stereocenters. The highest BCUT2D eigenvalue weighted by Gasteiger charge is 2.33. The van der Waals surface area contributed by atoms with Gasteiger partial charge in [-0.25, -0.2) is 8.42 Å². The molecule has 0 aliphatic heterocycles. The third kappa shape index (κ3) is 5.92. The second-order valence-corrected chi connectivity index (χ2v) is 12.1. The Labute approximate surface area is 218 Å². The molecule has 0 saturated heterocycles. The Morgan fingerprint density at radius 3 is 2.08 bits per heavy atom. The third-order valence-corrected chi connectivity index (χ3v) is 8.38. The Kier molecular flexibility index (Phi) is 7.52. The van der Waals surface area contributed by atoms with Crippen LogP contribution in [0.3, 0.4) is 0 Å². The second-order valence-electron chi connectivity index (χ2n) is 10.1. The van der Waals surface area contributed by atoms with Gasteiger partial charge in [0.05, 0.1) is 22.8 Å². The Bertz CT molecular complexity index is 1380. The van der Waals surface area contributed by atoms with Gasteiger partial charge < -0.3 is 10.0 Å². The fourth-order valence-electron chi connectivity index (χ4n) is 4.30. The van der Waals surface area contributed by atoms with Crippen molar-refractivity contribution in [1.29, 1.82) is 0 Å². The van der Waals surface area contributed by atoms with Gasteiger partial charge in [-0.15, -0.1) is 0 Å². The number of carbonyl (C=O) groups excluding carboxylic acids is 2. The van der Waals surface area contributed by atoms with Crippen LogP contribution < -0.4 is 9.80 Å². The van der Waals surface area contributed by atoms with Crippen molar-refractivity contribution in [2.24, 2.45) is 5.92 Å². The maximum atomic E-state index is 13.7. The SMILES string of the molecule is CC(=O)N(c1ccc(S(=O)(=O)CC2CC2)cc1)c1cccc(C(=O)N(c2ccccc2)C(C)(C)CO)c1. The number of aliphatic hydroxyl groups excluding tert-OH is 1. The molecule has 0 aromatic heterocycles. The number of hydrogen-bond donors (Lipinski definition) is 1. The summed E-state index contributed by atoms with van der Waals surface area (Å²) in [4.78, 5) is 29.7. The minimum absolute atomic E-state index is 0.148. The number of para-hydroxylation sites is 1. The largest absolute Gasteiger partial charge is 0.394 e. The van der Waals surface area contributed by atoms with Crippen molar-refractivity contribution in [3.05, 3.63) is 84.4 Å². The molecular weight excluding hydrogens is 488 g/mol. The molecule has 0 radical (unpaired) electrons. The highest BCUT2D eigenvalue weighted by molar-refractivity contribution is 7.91. The molecule has 0 bridgehead atoms. The van der Waals surface area contributed by atoms with Crippen LogP contribution in [0.5, 0.6) is 0 Å². The molecule has 194 valence electrons. The molecule has 4 rings (SSSR count). The lowest BCUT2D eigenvalue weighted by Crippen LogP contribution is -2.50. The van der Waals surface area contributed by atoms with Crippen LogP contribution in [0.25, 0.3) is 0 Å². The zero-order valence-corrected chi connectivity index (χ0v) is 22.1. The number of sulfone groups is 1. The van der Waals surface area contributed by atoms with Gasteiger partial charge in [0.25, 0.3) is 5.91 Å². The van der Waals surface area contributed by atoms with Crippen LogP contribution in [0.2, 0.25) is 0 Å². The molecule has 0 spiro atoms. The summed E-state index contributed by atoms with van der Waals surface area (Å²) in [5.74, 6) is -0.217. The van der Waals surface area contributed by atoms with E-state index >= 15 is 0 Å². The fraction of sp³-hybridized carbons (Fsp3) is 0.310. The van der Waals surface area contributed by atoms with Crippen molar-refractivity contribution >= 4 is 38.7 Å². The van der Waals surface area contributed by atoms with E-state index in [0.29, 0.717) is 22.6 Å². The summed E-state index contributed by atoms with van der Waals surface area (Å²) in [6, 6.07) is 22.1. The van der Waals surface area contributed by atoms with Gasteiger partial charge in [-0.3, -0.25) is 14.5 Å². The van der Waals surface area contributed by atoms with Gasteiger partial charge in [0.15, 0.2) is 9.84 Å². The van der Waals surface area contributed by atoms with Crippen molar-refractivity contribution in [1.82, 2.24) is 0 Å². The van der Waals surface area contributed by atoms with E-state index in [2.05, 4.69) is 0 Å². The molecule has 1 aliphatic carbocycles. The van der Waals surface area contributed by atoms with Crippen LogP contribution in [0, 0.1) is 5.92 Å². The molecule has 37 heavy (non-hydrogen) atoms. The van der Waals surface area contributed by atoms with Gasteiger partial charge in [0.1, 0.15) is 0 Å². The highest BCUT2D eigenvalue weighted by Crippen LogP contribution is 2.34. The first-order chi connectivity index (χ1) is 17.5. The zero-order chi connectivity index (χ0) is 26.8. The monoisotopic (exact) mass is 520 g/mol. The summed E-state index contributed by atoms with van der Waals surface area (Å²) >= 11 is 0. The quantitative estimate of drug-likeness (QED) is 0.430. The predicted octanol–water partition coefficient (Wildman–Crippen LogP) is 4.97. The number of hydrogen-bond acceptors (Lipinski definition) is 5. The molecule has 0 heterocycles. The summed E-state index contributed by atoms with van der Waals surface area (Å²) in [6.07, 6.45) is 1.89. The maximum absolute atomic E-state index is 13.7. The number of benzene rings is 3. The molecule has 1 aliphatic rings. The molecule has 1 saturated carbocycles. The van der Waals surface area contributed by atoms with Gasteiger partial charge in [-0.2, -0.15) is 0 Å². The number of rotatable bonds is 9. The van der Waals surface area contributed by atoms with Crippen molar-refractivity contribution in [3.8, 4) is 0 Å². The second kappa shape index (κ2) is 10.5. The summed E-state index contributed by atoms with van der Waals surface area (Å²) < 4.78 is 25.3. The van der Waals surface area contributed by atoms with Crippen molar-refractivity contribution in [3.63, 3.8) is 0 Å². The standard InChI is InChI=1S/C29H32N2O5S/c1-21(33)30(24-14-16-27(17-15-24)37(35,36)19-22-12-13-22)26-11-7-8-23(18-26)28(34)31(29(2,3)20-32)25-9-5-4-6-10-25/h4-11,14-18,22,32H,12-13,19-20H2,1-3H3. The number of aliphatic hydroxyl groups is 1. The number of amides is 2. The zero-order valence-electron chi connectivity index (χ0n) is 21.3. The highest BCUT2D eigenvalue weighted by atomic mass is 32.2. The van der Waals surface area contributed by atoms with E-state index in [4.69, 9.17) is 0 Å². The van der Waals surface area contributed by atoms with Crippen LogP contribution in [0.4, 0.5) is 17.1 Å². The molecule has 3 aromatic carbocycles. The summed E-state index contributed by atoms with van der Waals surface area (Å²) in [5, 5.41) is 10.0. The van der Waals surface area contributed by atoms with Gasteiger partial charge in [0, 0.05) is 29.5 Å². The average molecular weight is 521 g/mol. The van der Waals surface area contributed by atoms with E-state index in [1.165, 1.54) is 24.0 Å². The predicted molar refractivity (Wildman–Crippen MR) is 145 cm³/mol. The van der Waals surface area contributed by atoms with Crippen LogP contribution in [-0.2, 0) is 14.6 Å². The first-order valence-corrected chi connectivity index (χ1v) is 13.9. The maximum Gasteiger partial charge on any atom is 0.258 e. The third-order valence-electron chi connectivity index (χ3n) is 6.48. The summed E-state index contributed by atoms with van der Waals surface area (Å²) in [7, 11) is -3.37. The Morgan fingerprint density at radius 2 is 1.51 bits per heavy atom. The Balaban J connectivity index is 1.67. The van der Waals surface area contributed by atoms with E-state index in [9.17, 15) is 23.1 Å². The number of nitrogens with zero attached hydrogens (tertiary/aromatic N) is 2. The lowest BCUT2D eigenvalue weighted by atomic mass is 10.0. The van der Waals surface area contributed by atoms with E-state index < -0.39 is 15.4 Å². The average Bonchev–Trinajstić information content (AvgIpc) is 3.68. The van der Waals surface area contributed by atoms with Crippen LogP contribution >= 0.6 is 0 Å². The van der Waals surface area contributed by atoms with Gasteiger partial charge in [-0.05, 0) is 87.2 Å². The molecule has 8 heteroatoms. The normalized spacial score (nSPS) is 13.7. The van der Waals surface area contributed by atoms with Crippen LogP contribution in [0.1, 0.15) is 44.0 Å². The lowest BCUT2D eigenvalue weighted by molar-refractivity contribution is -0.115. The molecule has 2 amide bonds.